The molecule has 88 valence electrons. The van der Waals surface area contributed by atoms with E-state index >= 15 is 0 Å². The van der Waals surface area contributed by atoms with Crippen LogP contribution in [0, 0.1) is 20.8 Å². The number of amides is 1. The smallest absolute Gasteiger partial charge is 0.221 e. The van der Waals surface area contributed by atoms with Crippen molar-refractivity contribution in [2.24, 2.45) is 0 Å². The molecule has 1 aromatic carbocycles. The van der Waals surface area contributed by atoms with Crippen molar-refractivity contribution < 1.29 is 9.53 Å². The Labute approximate surface area is 101 Å². The molecule has 4 heteroatoms. The number of rotatable bonds is 2. The van der Waals surface area contributed by atoms with E-state index in [2.05, 4.69) is 5.32 Å². The van der Waals surface area contributed by atoms with Crippen molar-refractivity contribution in [3.8, 4) is 5.75 Å². The van der Waals surface area contributed by atoms with Gasteiger partial charge in [-0.1, -0.05) is 11.6 Å². The molecule has 0 fully saturated rings. The van der Waals surface area contributed by atoms with Crippen LogP contribution in [0.2, 0.25) is 5.02 Å². The summed E-state index contributed by atoms with van der Waals surface area (Å²) in [7, 11) is 1.58. The first-order valence-electron chi connectivity index (χ1n) is 5.01. The maximum atomic E-state index is 11.1. The van der Waals surface area contributed by atoms with Crippen molar-refractivity contribution >= 4 is 23.2 Å². The van der Waals surface area contributed by atoms with Gasteiger partial charge in [0.25, 0.3) is 0 Å². The molecule has 1 amide bonds. The number of carbonyl (C=O) groups is 1. The van der Waals surface area contributed by atoms with E-state index in [9.17, 15) is 4.79 Å². The molecule has 16 heavy (non-hydrogen) atoms. The quantitative estimate of drug-likeness (QED) is 0.863. The Bertz CT molecular complexity index is 441. The van der Waals surface area contributed by atoms with Crippen LogP contribution in [0.15, 0.2) is 0 Å². The van der Waals surface area contributed by atoms with Gasteiger partial charge in [0.05, 0.1) is 12.8 Å². The first-order valence-corrected chi connectivity index (χ1v) is 5.38. The summed E-state index contributed by atoms with van der Waals surface area (Å²) in [5, 5.41) is 3.42. The van der Waals surface area contributed by atoms with Crippen molar-refractivity contribution in [3.05, 3.63) is 21.7 Å². The van der Waals surface area contributed by atoms with E-state index in [0.29, 0.717) is 16.5 Å². The van der Waals surface area contributed by atoms with Crippen LogP contribution < -0.4 is 10.1 Å². The summed E-state index contributed by atoms with van der Waals surface area (Å²) in [5.74, 6) is 0.537. The van der Waals surface area contributed by atoms with Crippen molar-refractivity contribution in [3.63, 3.8) is 0 Å². The fourth-order valence-electron chi connectivity index (χ4n) is 1.67. The van der Waals surface area contributed by atoms with Gasteiger partial charge in [-0.2, -0.15) is 0 Å². The molecular formula is C12H16ClNO2. The zero-order chi connectivity index (χ0) is 12.5. The van der Waals surface area contributed by atoms with E-state index in [1.807, 2.05) is 20.8 Å². The molecule has 0 saturated carbocycles. The minimum absolute atomic E-state index is 0.138. The fourth-order valence-corrected chi connectivity index (χ4v) is 1.90. The largest absolute Gasteiger partial charge is 0.494 e. The molecule has 3 nitrogen and oxygen atoms in total. The summed E-state index contributed by atoms with van der Waals surface area (Å²) >= 11 is 6.19. The molecule has 1 aromatic rings. The molecule has 0 unspecified atom stereocenters. The lowest BCUT2D eigenvalue weighted by atomic mass is 10.0. The molecule has 0 radical (unpaired) electrons. The highest BCUT2D eigenvalue weighted by molar-refractivity contribution is 6.32. The summed E-state index contributed by atoms with van der Waals surface area (Å²) in [6.07, 6.45) is 0. The third-order valence-electron chi connectivity index (χ3n) is 2.67. The number of carbonyl (C=O) groups excluding carboxylic acids is 1. The number of hydrogen-bond acceptors (Lipinski definition) is 2. The molecule has 0 aliphatic heterocycles. The van der Waals surface area contributed by atoms with Gasteiger partial charge in [0.15, 0.2) is 0 Å². The van der Waals surface area contributed by atoms with E-state index in [1.165, 1.54) is 6.92 Å². The van der Waals surface area contributed by atoms with Gasteiger partial charge in [0.2, 0.25) is 5.91 Å². The van der Waals surface area contributed by atoms with E-state index in [0.717, 1.165) is 16.7 Å². The monoisotopic (exact) mass is 241 g/mol. The number of benzene rings is 1. The number of ether oxygens (including phenoxy) is 1. The Kier molecular flexibility index (Phi) is 3.81. The SMILES string of the molecule is COc1c(C)c(C)c(Cl)c(C)c1NC(C)=O. The van der Waals surface area contributed by atoms with Crippen LogP contribution >= 0.6 is 11.6 Å². The molecule has 0 saturated heterocycles. The lowest BCUT2D eigenvalue weighted by molar-refractivity contribution is -0.114. The zero-order valence-electron chi connectivity index (χ0n) is 10.2. The van der Waals surface area contributed by atoms with Crippen LogP contribution in [-0.4, -0.2) is 13.0 Å². The minimum Gasteiger partial charge on any atom is -0.494 e. The Morgan fingerprint density at radius 2 is 1.75 bits per heavy atom. The average Bonchev–Trinajstić information content (AvgIpc) is 2.23. The van der Waals surface area contributed by atoms with Gasteiger partial charge in [-0.3, -0.25) is 4.79 Å². The zero-order valence-corrected chi connectivity index (χ0v) is 11.0. The molecular weight excluding hydrogens is 226 g/mol. The second-order valence-electron chi connectivity index (χ2n) is 3.78. The molecule has 0 heterocycles. The Hall–Kier alpha value is -1.22. The summed E-state index contributed by atoms with van der Waals surface area (Å²) in [6.45, 7) is 7.18. The second kappa shape index (κ2) is 4.74. The average molecular weight is 242 g/mol. The first kappa shape index (κ1) is 12.8. The molecule has 1 N–H and O–H groups in total. The Morgan fingerprint density at radius 3 is 2.19 bits per heavy atom. The third-order valence-corrected chi connectivity index (χ3v) is 3.24. The Morgan fingerprint density at radius 1 is 1.19 bits per heavy atom. The molecule has 1 rings (SSSR count). The fraction of sp³-hybridized carbons (Fsp3) is 0.417. The predicted molar refractivity (Wildman–Crippen MR) is 66.5 cm³/mol. The number of anilines is 1. The lowest BCUT2D eigenvalue weighted by Crippen LogP contribution is -2.10. The van der Waals surface area contributed by atoms with Gasteiger partial charge < -0.3 is 10.1 Å². The van der Waals surface area contributed by atoms with Gasteiger partial charge >= 0.3 is 0 Å². The molecule has 0 aliphatic carbocycles. The van der Waals surface area contributed by atoms with Gasteiger partial charge in [-0.05, 0) is 37.5 Å². The minimum atomic E-state index is -0.138. The summed E-state index contributed by atoms with van der Waals surface area (Å²) in [6, 6.07) is 0. The van der Waals surface area contributed by atoms with Crippen molar-refractivity contribution in [1.29, 1.82) is 0 Å². The number of halogens is 1. The number of nitrogens with one attached hydrogen (secondary N) is 1. The number of hydrogen-bond donors (Lipinski definition) is 1. The molecule has 0 bridgehead atoms. The van der Waals surface area contributed by atoms with Gasteiger partial charge in [-0.15, -0.1) is 0 Å². The highest BCUT2D eigenvalue weighted by atomic mass is 35.5. The van der Waals surface area contributed by atoms with Crippen LogP contribution in [0.4, 0.5) is 5.69 Å². The van der Waals surface area contributed by atoms with Crippen molar-refractivity contribution in [2.75, 3.05) is 12.4 Å². The van der Waals surface area contributed by atoms with Gasteiger partial charge in [-0.25, -0.2) is 0 Å². The number of methoxy groups -OCH3 is 1. The van der Waals surface area contributed by atoms with E-state index in [4.69, 9.17) is 16.3 Å². The maximum Gasteiger partial charge on any atom is 0.221 e. The van der Waals surface area contributed by atoms with Crippen molar-refractivity contribution in [1.82, 2.24) is 0 Å². The van der Waals surface area contributed by atoms with E-state index in [-0.39, 0.29) is 5.91 Å². The van der Waals surface area contributed by atoms with Gasteiger partial charge in [0.1, 0.15) is 5.75 Å². The lowest BCUT2D eigenvalue weighted by Gasteiger charge is -2.18. The molecule has 0 aliphatic rings. The van der Waals surface area contributed by atoms with Crippen LogP contribution in [0.25, 0.3) is 0 Å². The normalized spacial score (nSPS) is 10.1. The van der Waals surface area contributed by atoms with Crippen LogP contribution in [0.5, 0.6) is 5.75 Å². The second-order valence-corrected chi connectivity index (χ2v) is 4.16. The highest BCUT2D eigenvalue weighted by Crippen LogP contribution is 2.39. The summed E-state index contributed by atoms with van der Waals surface area (Å²) < 4.78 is 5.32. The molecule has 0 atom stereocenters. The van der Waals surface area contributed by atoms with Crippen LogP contribution in [0.1, 0.15) is 23.6 Å². The van der Waals surface area contributed by atoms with E-state index < -0.39 is 0 Å². The summed E-state index contributed by atoms with van der Waals surface area (Å²) in [5.41, 5.74) is 3.41. The Balaban J connectivity index is 3.50. The van der Waals surface area contributed by atoms with Gasteiger partial charge in [0, 0.05) is 11.9 Å². The molecule has 0 aromatic heterocycles. The van der Waals surface area contributed by atoms with Crippen LogP contribution in [-0.2, 0) is 4.79 Å². The third kappa shape index (κ3) is 2.14. The maximum absolute atomic E-state index is 11.1. The molecule has 0 spiro atoms. The predicted octanol–water partition coefficient (Wildman–Crippen LogP) is 3.23. The first-order chi connectivity index (χ1) is 7.40. The standard InChI is InChI=1S/C12H16ClNO2/c1-6-7(2)12(16-5)11(14-9(4)15)8(3)10(6)13/h1-5H3,(H,14,15). The van der Waals surface area contributed by atoms with Crippen LogP contribution in [0.3, 0.4) is 0 Å². The highest BCUT2D eigenvalue weighted by Gasteiger charge is 2.17. The van der Waals surface area contributed by atoms with Crippen molar-refractivity contribution in [2.45, 2.75) is 27.7 Å². The summed E-state index contributed by atoms with van der Waals surface area (Å²) in [4.78, 5) is 11.1. The van der Waals surface area contributed by atoms with E-state index in [1.54, 1.807) is 7.11 Å². The topological polar surface area (TPSA) is 38.3 Å².